The van der Waals surface area contributed by atoms with Crippen LogP contribution in [0.2, 0.25) is 0 Å². The Balaban J connectivity index is 2.00. The van der Waals surface area contributed by atoms with Crippen LogP contribution in [-0.2, 0) is 9.53 Å². The molecule has 7 heteroatoms. The highest BCUT2D eigenvalue weighted by molar-refractivity contribution is 5.76. The van der Waals surface area contributed by atoms with E-state index < -0.39 is 5.97 Å². The van der Waals surface area contributed by atoms with Crippen molar-refractivity contribution in [1.29, 1.82) is 0 Å². The van der Waals surface area contributed by atoms with Gasteiger partial charge >= 0.3 is 12.0 Å². The summed E-state index contributed by atoms with van der Waals surface area (Å²) in [5.74, 6) is -1.16. The number of piperidine rings is 1. The fourth-order valence-electron chi connectivity index (χ4n) is 2.90. The minimum absolute atomic E-state index is 0.0977. The van der Waals surface area contributed by atoms with Crippen molar-refractivity contribution in [3.05, 3.63) is 0 Å². The molecule has 114 valence electrons. The van der Waals surface area contributed by atoms with E-state index >= 15 is 0 Å². The Morgan fingerprint density at radius 2 is 2.05 bits per heavy atom. The summed E-state index contributed by atoms with van der Waals surface area (Å²) in [7, 11) is 0. The van der Waals surface area contributed by atoms with Crippen LogP contribution in [-0.4, -0.2) is 77.0 Å². The standard InChI is InChI=1S/C13H22N2O5/c1-9-6-10(12(17)18)2-3-14(9)13(19)15-4-5-20-8-11(15)7-16/h9-11,16H,2-8H2,1H3,(H,17,18). The number of carbonyl (C=O) groups is 2. The van der Waals surface area contributed by atoms with E-state index in [0.717, 1.165) is 0 Å². The van der Waals surface area contributed by atoms with E-state index in [1.165, 1.54) is 0 Å². The molecule has 0 aromatic heterocycles. The van der Waals surface area contributed by atoms with Crippen molar-refractivity contribution in [2.75, 3.05) is 32.9 Å². The molecule has 0 aromatic carbocycles. The number of rotatable bonds is 2. The number of morpholine rings is 1. The molecule has 3 atom stereocenters. The molecule has 0 aromatic rings. The maximum absolute atomic E-state index is 12.5. The van der Waals surface area contributed by atoms with Crippen molar-refractivity contribution in [1.82, 2.24) is 9.80 Å². The summed E-state index contributed by atoms with van der Waals surface area (Å²) in [6.07, 6.45) is 0.967. The maximum Gasteiger partial charge on any atom is 0.320 e. The SMILES string of the molecule is CC1CC(C(=O)O)CCN1C(=O)N1CCOCC1CO. The van der Waals surface area contributed by atoms with Gasteiger partial charge in [0.25, 0.3) is 0 Å². The Kier molecular flexibility index (Phi) is 4.82. The van der Waals surface area contributed by atoms with Crippen molar-refractivity contribution in [2.24, 2.45) is 5.92 Å². The average Bonchev–Trinajstić information content (AvgIpc) is 2.46. The molecule has 2 N–H and O–H groups in total. The van der Waals surface area contributed by atoms with Gasteiger partial charge in [0.05, 0.1) is 31.8 Å². The van der Waals surface area contributed by atoms with Crippen LogP contribution < -0.4 is 0 Å². The molecule has 0 bridgehead atoms. The second-order valence-corrected chi connectivity index (χ2v) is 5.49. The van der Waals surface area contributed by atoms with Gasteiger partial charge in [0.1, 0.15) is 0 Å². The third-order valence-electron chi connectivity index (χ3n) is 4.16. The molecule has 3 unspecified atom stereocenters. The number of carbonyl (C=O) groups excluding carboxylic acids is 1. The highest BCUT2D eigenvalue weighted by Crippen LogP contribution is 2.25. The largest absolute Gasteiger partial charge is 0.481 e. The van der Waals surface area contributed by atoms with Gasteiger partial charge in [-0.1, -0.05) is 0 Å². The van der Waals surface area contributed by atoms with Gasteiger partial charge in [-0.05, 0) is 19.8 Å². The molecular formula is C13H22N2O5. The molecule has 0 saturated carbocycles. The van der Waals surface area contributed by atoms with Gasteiger partial charge in [0.2, 0.25) is 0 Å². The highest BCUT2D eigenvalue weighted by atomic mass is 16.5. The van der Waals surface area contributed by atoms with E-state index in [2.05, 4.69) is 0 Å². The van der Waals surface area contributed by atoms with E-state index in [9.17, 15) is 14.7 Å². The molecule has 0 aliphatic carbocycles. The van der Waals surface area contributed by atoms with Crippen molar-refractivity contribution in [3.8, 4) is 0 Å². The van der Waals surface area contributed by atoms with Gasteiger partial charge in [-0.15, -0.1) is 0 Å². The summed E-state index contributed by atoms with van der Waals surface area (Å²) < 4.78 is 5.27. The van der Waals surface area contributed by atoms with Gasteiger partial charge in [-0.3, -0.25) is 4.79 Å². The summed E-state index contributed by atoms with van der Waals surface area (Å²) in [5, 5.41) is 18.4. The predicted molar refractivity (Wildman–Crippen MR) is 70.3 cm³/mol. The molecule has 20 heavy (non-hydrogen) atoms. The van der Waals surface area contributed by atoms with Gasteiger partial charge in [-0.2, -0.15) is 0 Å². The number of carboxylic acid groups (broad SMARTS) is 1. The molecule has 7 nitrogen and oxygen atoms in total. The smallest absolute Gasteiger partial charge is 0.320 e. The number of aliphatic carboxylic acids is 1. The third-order valence-corrected chi connectivity index (χ3v) is 4.16. The van der Waals surface area contributed by atoms with Crippen LogP contribution in [0.5, 0.6) is 0 Å². The van der Waals surface area contributed by atoms with Gasteiger partial charge in [0, 0.05) is 19.1 Å². The fraction of sp³-hybridized carbons (Fsp3) is 0.846. The molecule has 2 fully saturated rings. The lowest BCUT2D eigenvalue weighted by molar-refractivity contribution is -0.143. The number of nitrogens with zero attached hydrogens (tertiary/aromatic N) is 2. The van der Waals surface area contributed by atoms with Crippen LogP contribution in [0.3, 0.4) is 0 Å². The van der Waals surface area contributed by atoms with Gasteiger partial charge in [0.15, 0.2) is 0 Å². The zero-order valence-electron chi connectivity index (χ0n) is 11.7. The molecule has 2 rings (SSSR count). The maximum atomic E-state index is 12.5. The second kappa shape index (κ2) is 6.41. The molecule has 2 saturated heterocycles. The summed E-state index contributed by atoms with van der Waals surface area (Å²) in [5.41, 5.74) is 0. The van der Waals surface area contributed by atoms with Gasteiger partial charge in [-0.25, -0.2) is 4.79 Å². The number of urea groups is 1. The minimum Gasteiger partial charge on any atom is -0.481 e. The number of amides is 2. The zero-order valence-corrected chi connectivity index (χ0v) is 11.7. The fourth-order valence-corrected chi connectivity index (χ4v) is 2.90. The molecule has 2 amide bonds. The summed E-state index contributed by atoms with van der Waals surface area (Å²) in [6, 6.07) is -0.524. The number of hydrogen-bond donors (Lipinski definition) is 2. The Labute approximate surface area is 118 Å². The Morgan fingerprint density at radius 1 is 1.30 bits per heavy atom. The molecule has 2 aliphatic rings. The van der Waals surface area contributed by atoms with Crippen LogP contribution in [0, 0.1) is 5.92 Å². The highest BCUT2D eigenvalue weighted by Gasteiger charge is 2.36. The van der Waals surface area contributed by atoms with E-state index in [-0.39, 0.29) is 30.6 Å². The van der Waals surface area contributed by atoms with Crippen LogP contribution in [0.25, 0.3) is 0 Å². The zero-order chi connectivity index (χ0) is 14.7. The number of likely N-dealkylation sites (tertiary alicyclic amines) is 1. The van der Waals surface area contributed by atoms with Crippen molar-refractivity contribution in [2.45, 2.75) is 31.8 Å². The number of carboxylic acids is 1. The van der Waals surface area contributed by atoms with Crippen molar-refractivity contribution in [3.63, 3.8) is 0 Å². The first-order valence-electron chi connectivity index (χ1n) is 7.03. The Hall–Kier alpha value is -1.34. The average molecular weight is 286 g/mol. The quantitative estimate of drug-likeness (QED) is 0.745. The number of hydrogen-bond acceptors (Lipinski definition) is 4. The third kappa shape index (κ3) is 3.04. The Morgan fingerprint density at radius 3 is 2.65 bits per heavy atom. The second-order valence-electron chi connectivity index (χ2n) is 5.49. The monoisotopic (exact) mass is 286 g/mol. The normalized spacial score (nSPS) is 31.2. The topological polar surface area (TPSA) is 90.3 Å². The van der Waals surface area contributed by atoms with Crippen LogP contribution in [0.4, 0.5) is 4.79 Å². The number of aliphatic hydroxyl groups is 1. The van der Waals surface area contributed by atoms with Crippen molar-refractivity contribution < 1.29 is 24.5 Å². The first-order valence-corrected chi connectivity index (χ1v) is 7.03. The lowest BCUT2D eigenvalue weighted by Gasteiger charge is -2.42. The molecule has 2 aliphatic heterocycles. The first-order chi connectivity index (χ1) is 9.54. The predicted octanol–water partition coefficient (Wildman–Crippen LogP) is -0.0154. The molecule has 0 radical (unpaired) electrons. The van der Waals surface area contributed by atoms with Crippen LogP contribution in [0.1, 0.15) is 19.8 Å². The van der Waals surface area contributed by atoms with E-state index in [0.29, 0.717) is 39.1 Å². The molecule has 2 heterocycles. The van der Waals surface area contributed by atoms with E-state index in [1.807, 2.05) is 6.92 Å². The minimum atomic E-state index is -0.788. The summed E-state index contributed by atoms with van der Waals surface area (Å²) in [4.78, 5) is 26.9. The van der Waals surface area contributed by atoms with Crippen LogP contribution >= 0.6 is 0 Å². The number of ether oxygens (including phenoxy) is 1. The summed E-state index contributed by atoms with van der Waals surface area (Å²) in [6.45, 7) is 3.50. The van der Waals surface area contributed by atoms with Crippen LogP contribution in [0.15, 0.2) is 0 Å². The van der Waals surface area contributed by atoms with Gasteiger partial charge < -0.3 is 24.7 Å². The van der Waals surface area contributed by atoms with Crippen molar-refractivity contribution >= 4 is 12.0 Å². The first kappa shape index (κ1) is 15.1. The Bertz CT molecular complexity index is 376. The lowest BCUT2D eigenvalue weighted by Crippen LogP contribution is -2.58. The lowest BCUT2D eigenvalue weighted by atomic mass is 9.92. The van der Waals surface area contributed by atoms with E-state index in [1.54, 1.807) is 9.80 Å². The molecular weight excluding hydrogens is 264 g/mol. The molecule has 0 spiro atoms. The summed E-state index contributed by atoms with van der Waals surface area (Å²) >= 11 is 0. The van der Waals surface area contributed by atoms with E-state index in [4.69, 9.17) is 9.84 Å². The number of aliphatic hydroxyl groups excluding tert-OH is 1.